The summed E-state index contributed by atoms with van der Waals surface area (Å²) in [5.41, 5.74) is 1.60. The van der Waals surface area contributed by atoms with Crippen LogP contribution in [0.4, 0.5) is 11.8 Å². The molecule has 4 heteroatoms. The van der Waals surface area contributed by atoms with E-state index in [1.807, 2.05) is 12.3 Å². The van der Waals surface area contributed by atoms with E-state index in [2.05, 4.69) is 28.2 Å². The number of rotatable bonds is 5. The number of hydrogen-bond donors (Lipinski definition) is 1. The summed E-state index contributed by atoms with van der Waals surface area (Å²) in [5, 5.41) is 3.39. The molecule has 0 saturated carbocycles. The Labute approximate surface area is 134 Å². The molecule has 22 heavy (non-hydrogen) atoms. The molecular formula is C18H28N4. The second-order valence-electron chi connectivity index (χ2n) is 6.72. The first kappa shape index (κ1) is 15.3. The summed E-state index contributed by atoms with van der Waals surface area (Å²) in [6.45, 7) is 5.49. The molecule has 1 N–H and O–H groups in total. The van der Waals surface area contributed by atoms with E-state index in [0.29, 0.717) is 0 Å². The van der Waals surface area contributed by atoms with Gasteiger partial charge in [0.25, 0.3) is 0 Å². The monoisotopic (exact) mass is 300 g/mol. The number of allylic oxidation sites excluding steroid dienone is 1. The predicted molar refractivity (Wildman–Crippen MR) is 92.3 cm³/mol. The lowest BCUT2D eigenvalue weighted by atomic mass is 9.97. The Morgan fingerprint density at radius 3 is 3.09 bits per heavy atom. The molecule has 1 atom stereocenters. The standard InChI is InChI=1S/C18H28N4/c1-15-6-5-13-22(14-15)17-10-12-20-18(21-17)19-11-9-16-7-3-2-4-8-16/h7,10,12,15H,2-6,8-9,11,13-14H2,1H3,(H,19,20,21). The Morgan fingerprint density at radius 2 is 2.27 bits per heavy atom. The summed E-state index contributed by atoms with van der Waals surface area (Å²) < 4.78 is 0. The van der Waals surface area contributed by atoms with E-state index in [-0.39, 0.29) is 0 Å². The Kier molecular flexibility index (Phi) is 5.30. The van der Waals surface area contributed by atoms with Gasteiger partial charge in [-0.15, -0.1) is 0 Å². The minimum Gasteiger partial charge on any atom is -0.356 e. The van der Waals surface area contributed by atoms with E-state index in [0.717, 1.165) is 43.7 Å². The summed E-state index contributed by atoms with van der Waals surface area (Å²) in [4.78, 5) is 11.5. The van der Waals surface area contributed by atoms with E-state index in [1.165, 1.54) is 38.5 Å². The van der Waals surface area contributed by atoms with Gasteiger partial charge in [0.1, 0.15) is 5.82 Å². The molecule has 1 aromatic rings. The van der Waals surface area contributed by atoms with Crippen molar-refractivity contribution in [2.45, 2.75) is 51.9 Å². The molecule has 4 nitrogen and oxygen atoms in total. The van der Waals surface area contributed by atoms with Crippen LogP contribution in [0, 0.1) is 5.92 Å². The van der Waals surface area contributed by atoms with E-state index in [9.17, 15) is 0 Å². The zero-order chi connectivity index (χ0) is 15.2. The van der Waals surface area contributed by atoms with E-state index in [4.69, 9.17) is 4.98 Å². The van der Waals surface area contributed by atoms with Crippen molar-refractivity contribution in [3.05, 3.63) is 23.9 Å². The number of nitrogens with one attached hydrogen (secondary N) is 1. The maximum absolute atomic E-state index is 4.70. The summed E-state index contributed by atoms with van der Waals surface area (Å²) in [5.74, 6) is 2.60. The van der Waals surface area contributed by atoms with Gasteiger partial charge >= 0.3 is 0 Å². The first-order chi connectivity index (χ1) is 10.8. The van der Waals surface area contributed by atoms with Crippen molar-refractivity contribution in [1.82, 2.24) is 9.97 Å². The predicted octanol–water partition coefficient (Wildman–Crippen LogP) is 4.02. The SMILES string of the molecule is CC1CCCN(c2ccnc(NCCC3=CCCCC3)n2)C1. The van der Waals surface area contributed by atoms with Gasteiger partial charge in [-0.25, -0.2) is 4.98 Å². The molecule has 2 aliphatic rings. The minimum atomic E-state index is 0.762. The second-order valence-corrected chi connectivity index (χ2v) is 6.72. The fourth-order valence-corrected chi connectivity index (χ4v) is 3.47. The fourth-order valence-electron chi connectivity index (χ4n) is 3.47. The molecule has 0 radical (unpaired) electrons. The summed E-state index contributed by atoms with van der Waals surface area (Å²) in [6, 6.07) is 2.03. The van der Waals surface area contributed by atoms with Crippen molar-refractivity contribution in [2.75, 3.05) is 29.9 Å². The molecule has 0 spiro atoms. The minimum absolute atomic E-state index is 0.762. The molecule has 1 aliphatic carbocycles. The van der Waals surface area contributed by atoms with Gasteiger partial charge in [-0.2, -0.15) is 4.98 Å². The third-order valence-corrected chi connectivity index (χ3v) is 4.74. The number of piperidine rings is 1. The Morgan fingerprint density at radius 1 is 1.32 bits per heavy atom. The van der Waals surface area contributed by atoms with Crippen LogP contribution in [0.3, 0.4) is 0 Å². The van der Waals surface area contributed by atoms with Gasteiger partial charge in [-0.3, -0.25) is 0 Å². The van der Waals surface area contributed by atoms with Crippen molar-refractivity contribution in [3.8, 4) is 0 Å². The smallest absolute Gasteiger partial charge is 0.224 e. The zero-order valence-corrected chi connectivity index (χ0v) is 13.7. The van der Waals surface area contributed by atoms with Crippen LogP contribution in [-0.4, -0.2) is 29.6 Å². The first-order valence-electron chi connectivity index (χ1n) is 8.81. The molecule has 0 amide bonds. The molecule has 2 heterocycles. The highest BCUT2D eigenvalue weighted by atomic mass is 15.2. The molecule has 0 bridgehead atoms. The van der Waals surface area contributed by atoms with Crippen molar-refractivity contribution in [1.29, 1.82) is 0 Å². The number of nitrogens with zero attached hydrogens (tertiary/aromatic N) is 3. The van der Waals surface area contributed by atoms with Crippen LogP contribution in [0.25, 0.3) is 0 Å². The Balaban J connectivity index is 1.53. The van der Waals surface area contributed by atoms with Gasteiger partial charge in [-0.05, 0) is 56.9 Å². The molecule has 3 rings (SSSR count). The van der Waals surface area contributed by atoms with Crippen LogP contribution in [0.15, 0.2) is 23.9 Å². The van der Waals surface area contributed by atoms with E-state index < -0.39 is 0 Å². The molecule has 1 fully saturated rings. The highest BCUT2D eigenvalue weighted by Gasteiger charge is 2.17. The highest BCUT2D eigenvalue weighted by Crippen LogP contribution is 2.22. The largest absolute Gasteiger partial charge is 0.356 e. The van der Waals surface area contributed by atoms with Gasteiger partial charge in [-0.1, -0.05) is 18.6 Å². The molecule has 1 aromatic heterocycles. The summed E-state index contributed by atoms with van der Waals surface area (Å²) in [6.07, 6.45) is 13.3. The van der Waals surface area contributed by atoms with Crippen molar-refractivity contribution < 1.29 is 0 Å². The maximum Gasteiger partial charge on any atom is 0.224 e. The number of aromatic nitrogens is 2. The van der Waals surface area contributed by atoms with Crippen LogP contribution in [-0.2, 0) is 0 Å². The quantitative estimate of drug-likeness (QED) is 0.834. The molecule has 1 unspecified atom stereocenters. The third-order valence-electron chi connectivity index (χ3n) is 4.74. The lowest BCUT2D eigenvalue weighted by molar-refractivity contribution is 0.444. The van der Waals surface area contributed by atoms with Crippen LogP contribution in [0.5, 0.6) is 0 Å². The Bertz CT molecular complexity index is 512. The normalized spacial score (nSPS) is 22.3. The van der Waals surface area contributed by atoms with Crippen LogP contribution < -0.4 is 10.2 Å². The lowest BCUT2D eigenvalue weighted by Gasteiger charge is -2.31. The van der Waals surface area contributed by atoms with Crippen LogP contribution >= 0.6 is 0 Å². The second kappa shape index (κ2) is 7.61. The Hall–Kier alpha value is -1.58. The van der Waals surface area contributed by atoms with E-state index in [1.54, 1.807) is 5.57 Å². The topological polar surface area (TPSA) is 41.1 Å². The van der Waals surface area contributed by atoms with Gasteiger partial charge in [0, 0.05) is 25.8 Å². The first-order valence-corrected chi connectivity index (χ1v) is 8.81. The van der Waals surface area contributed by atoms with Crippen molar-refractivity contribution in [3.63, 3.8) is 0 Å². The van der Waals surface area contributed by atoms with Crippen LogP contribution in [0.1, 0.15) is 51.9 Å². The molecule has 120 valence electrons. The van der Waals surface area contributed by atoms with Gasteiger partial charge in [0.05, 0.1) is 0 Å². The number of anilines is 2. The fraction of sp³-hybridized carbons (Fsp3) is 0.667. The zero-order valence-electron chi connectivity index (χ0n) is 13.7. The van der Waals surface area contributed by atoms with Gasteiger partial charge in [0.2, 0.25) is 5.95 Å². The lowest BCUT2D eigenvalue weighted by Crippen LogP contribution is -2.34. The molecule has 0 aromatic carbocycles. The van der Waals surface area contributed by atoms with Gasteiger partial charge in [0.15, 0.2) is 0 Å². The highest BCUT2D eigenvalue weighted by molar-refractivity contribution is 5.43. The average Bonchev–Trinajstić information content (AvgIpc) is 2.56. The van der Waals surface area contributed by atoms with Crippen LogP contribution in [0.2, 0.25) is 0 Å². The van der Waals surface area contributed by atoms with E-state index >= 15 is 0 Å². The van der Waals surface area contributed by atoms with Crippen molar-refractivity contribution >= 4 is 11.8 Å². The molecule has 1 aliphatic heterocycles. The molecular weight excluding hydrogens is 272 g/mol. The number of hydrogen-bond acceptors (Lipinski definition) is 4. The van der Waals surface area contributed by atoms with Gasteiger partial charge < -0.3 is 10.2 Å². The molecule has 1 saturated heterocycles. The van der Waals surface area contributed by atoms with Crippen molar-refractivity contribution in [2.24, 2.45) is 5.92 Å². The third kappa shape index (κ3) is 4.21. The summed E-state index contributed by atoms with van der Waals surface area (Å²) >= 11 is 0. The summed E-state index contributed by atoms with van der Waals surface area (Å²) in [7, 11) is 0. The maximum atomic E-state index is 4.70. The average molecular weight is 300 g/mol.